The first kappa shape index (κ1) is 15.0. The third kappa shape index (κ3) is 4.29. The van der Waals surface area contributed by atoms with Crippen molar-refractivity contribution in [2.45, 2.75) is 58.0 Å². The van der Waals surface area contributed by atoms with Gasteiger partial charge in [0, 0.05) is 6.04 Å². The summed E-state index contributed by atoms with van der Waals surface area (Å²) >= 11 is 0. The largest absolute Gasteiger partial charge is 0.480 e. The molecule has 0 bridgehead atoms. The average molecular weight is 256 g/mol. The molecule has 2 atom stereocenters. The molecule has 0 aromatic heterocycles. The van der Waals surface area contributed by atoms with Crippen LogP contribution in [-0.4, -0.2) is 35.1 Å². The number of rotatable bonds is 5. The number of carboxylic acids is 1. The van der Waals surface area contributed by atoms with Crippen LogP contribution in [0.3, 0.4) is 0 Å². The van der Waals surface area contributed by atoms with Crippen LogP contribution in [0.5, 0.6) is 0 Å². The van der Waals surface area contributed by atoms with Crippen molar-refractivity contribution in [3.8, 4) is 0 Å². The molecule has 0 aliphatic heterocycles. The van der Waals surface area contributed by atoms with Crippen molar-refractivity contribution < 1.29 is 14.7 Å². The summed E-state index contributed by atoms with van der Waals surface area (Å²) in [6, 6.07) is 0.237. The van der Waals surface area contributed by atoms with E-state index < -0.39 is 11.5 Å². The maximum atomic E-state index is 11.8. The Bertz CT molecular complexity index is 315. The number of aliphatic carboxylic acids is 1. The Morgan fingerprint density at radius 1 is 1.28 bits per heavy atom. The van der Waals surface area contributed by atoms with Crippen LogP contribution in [0.25, 0.3) is 0 Å². The highest BCUT2D eigenvalue weighted by atomic mass is 16.4. The highest BCUT2D eigenvalue weighted by Crippen LogP contribution is 2.23. The first-order valence-corrected chi connectivity index (χ1v) is 6.60. The molecule has 104 valence electrons. The van der Waals surface area contributed by atoms with Crippen LogP contribution in [0.1, 0.15) is 46.5 Å². The maximum Gasteiger partial charge on any atom is 0.323 e. The van der Waals surface area contributed by atoms with E-state index >= 15 is 0 Å². The van der Waals surface area contributed by atoms with Crippen LogP contribution in [0, 0.1) is 5.92 Å². The number of carboxylic acid groups (broad SMARTS) is 1. The van der Waals surface area contributed by atoms with E-state index in [0.29, 0.717) is 5.92 Å². The van der Waals surface area contributed by atoms with E-state index in [1.807, 2.05) is 0 Å². The van der Waals surface area contributed by atoms with Crippen molar-refractivity contribution >= 4 is 11.9 Å². The normalized spacial score (nSPS) is 24.6. The maximum absolute atomic E-state index is 11.8. The van der Waals surface area contributed by atoms with Crippen LogP contribution in [-0.2, 0) is 9.59 Å². The first-order valence-electron chi connectivity index (χ1n) is 6.60. The van der Waals surface area contributed by atoms with Gasteiger partial charge in [-0.1, -0.05) is 19.8 Å². The monoisotopic (exact) mass is 256 g/mol. The lowest BCUT2D eigenvalue weighted by atomic mass is 9.86. The molecular weight excluding hydrogens is 232 g/mol. The highest BCUT2D eigenvalue weighted by molar-refractivity contribution is 5.81. The van der Waals surface area contributed by atoms with Crippen LogP contribution in [0.15, 0.2) is 0 Å². The summed E-state index contributed by atoms with van der Waals surface area (Å²) in [6.45, 7) is 5.29. The Morgan fingerprint density at radius 2 is 1.89 bits per heavy atom. The minimum absolute atomic E-state index is 0.0442. The van der Waals surface area contributed by atoms with Crippen molar-refractivity contribution in [3.05, 3.63) is 0 Å². The quantitative estimate of drug-likeness (QED) is 0.689. The van der Waals surface area contributed by atoms with Gasteiger partial charge in [-0.15, -0.1) is 0 Å². The Balaban J connectivity index is 2.35. The predicted molar refractivity (Wildman–Crippen MR) is 69.3 cm³/mol. The number of hydrogen-bond acceptors (Lipinski definition) is 3. The van der Waals surface area contributed by atoms with Crippen molar-refractivity contribution in [1.82, 2.24) is 10.6 Å². The highest BCUT2D eigenvalue weighted by Gasteiger charge is 2.28. The van der Waals surface area contributed by atoms with Crippen molar-refractivity contribution in [1.29, 1.82) is 0 Å². The molecule has 3 N–H and O–H groups in total. The van der Waals surface area contributed by atoms with Crippen molar-refractivity contribution in [2.24, 2.45) is 5.92 Å². The molecule has 0 radical (unpaired) electrons. The van der Waals surface area contributed by atoms with Crippen LogP contribution in [0.2, 0.25) is 0 Å². The summed E-state index contributed by atoms with van der Waals surface area (Å²) in [5, 5.41) is 14.7. The molecule has 5 nitrogen and oxygen atoms in total. The van der Waals surface area contributed by atoms with Crippen LogP contribution in [0.4, 0.5) is 0 Å². The van der Waals surface area contributed by atoms with Crippen LogP contribution < -0.4 is 10.6 Å². The van der Waals surface area contributed by atoms with Crippen LogP contribution >= 0.6 is 0 Å². The molecule has 1 aliphatic rings. The van der Waals surface area contributed by atoms with E-state index in [9.17, 15) is 9.59 Å². The lowest BCUT2D eigenvalue weighted by Gasteiger charge is -2.30. The van der Waals surface area contributed by atoms with E-state index in [1.165, 1.54) is 6.42 Å². The topological polar surface area (TPSA) is 78.4 Å². The molecule has 0 heterocycles. The summed E-state index contributed by atoms with van der Waals surface area (Å²) in [5.41, 5.74) is -1.07. The SMILES string of the molecule is CC1CCCCC1NC(=O)CNC(C)(C)C(=O)O. The lowest BCUT2D eigenvalue weighted by molar-refractivity contribution is -0.143. The standard InChI is InChI=1S/C13H24N2O3/c1-9-6-4-5-7-10(9)15-11(16)8-14-13(2,3)12(17)18/h9-10,14H,4-8H2,1-3H3,(H,15,16)(H,17,18). The van der Waals surface area contributed by atoms with Gasteiger partial charge in [0.2, 0.25) is 5.91 Å². The fourth-order valence-corrected chi connectivity index (χ4v) is 2.17. The Labute approximate surface area is 108 Å². The van der Waals surface area contributed by atoms with E-state index in [4.69, 9.17) is 5.11 Å². The summed E-state index contributed by atoms with van der Waals surface area (Å²) < 4.78 is 0. The lowest BCUT2D eigenvalue weighted by Crippen LogP contribution is -2.52. The summed E-state index contributed by atoms with van der Waals surface area (Å²) in [7, 11) is 0. The van der Waals surface area contributed by atoms with E-state index in [2.05, 4.69) is 17.6 Å². The number of carbonyl (C=O) groups is 2. The molecule has 1 amide bonds. The zero-order valence-corrected chi connectivity index (χ0v) is 11.5. The smallest absolute Gasteiger partial charge is 0.323 e. The molecule has 0 aromatic rings. The average Bonchev–Trinajstić information content (AvgIpc) is 2.29. The van der Waals surface area contributed by atoms with E-state index in [-0.39, 0.29) is 18.5 Å². The fourth-order valence-electron chi connectivity index (χ4n) is 2.17. The molecule has 2 unspecified atom stereocenters. The van der Waals surface area contributed by atoms with Gasteiger partial charge in [-0.25, -0.2) is 0 Å². The summed E-state index contributed by atoms with van der Waals surface area (Å²) in [4.78, 5) is 22.6. The molecule has 1 rings (SSSR count). The molecule has 1 aliphatic carbocycles. The van der Waals surface area contributed by atoms with Gasteiger partial charge in [-0.05, 0) is 32.6 Å². The zero-order chi connectivity index (χ0) is 13.8. The molecule has 1 fully saturated rings. The third-order valence-corrected chi connectivity index (χ3v) is 3.68. The van der Waals surface area contributed by atoms with Gasteiger partial charge >= 0.3 is 5.97 Å². The van der Waals surface area contributed by atoms with Gasteiger partial charge in [0.25, 0.3) is 0 Å². The minimum atomic E-state index is -1.07. The molecule has 1 saturated carbocycles. The second-order valence-electron chi connectivity index (χ2n) is 5.72. The van der Waals surface area contributed by atoms with E-state index in [0.717, 1.165) is 19.3 Å². The van der Waals surface area contributed by atoms with Gasteiger partial charge in [0.05, 0.1) is 6.54 Å². The molecular formula is C13H24N2O3. The zero-order valence-electron chi connectivity index (χ0n) is 11.5. The number of nitrogens with one attached hydrogen (secondary N) is 2. The Morgan fingerprint density at radius 3 is 2.44 bits per heavy atom. The van der Waals surface area contributed by atoms with Crippen molar-refractivity contribution in [2.75, 3.05) is 6.54 Å². The number of hydrogen-bond donors (Lipinski definition) is 3. The third-order valence-electron chi connectivity index (χ3n) is 3.68. The Kier molecular flexibility index (Phi) is 5.14. The minimum Gasteiger partial charge on any atom is -0.480 e. The fraction of sp³-hybridized carbons (Fsp3) is 0.846. The number of carbonyl (C=O) groups excluding carboxylic acids is 1. The molecule has 5 heteroatoms. The second-order valence-corrected chi connectivity index (χ2v) is 5.72. The molecule has 0 saturated heterocycles. The van der Waals surface area contributed by atoms with Gasteiger partial charge in [0.15, 0.2) is 0 Å². The van der Waals surface area contributed by atoms with Gasteiger partial charge in [-0.2, -0.15) is 0 Å². The second kappa shape index (κ2) is 6.18. The predicted octanol–water partition coefficient (Wildman–Crippen LogP) is 1.13. The van der Waals surface area contributed by atoms with Gasteiger partial charge in [-0.3, -0.25) is 14.9 Å². The molecule has 0 aromatic carbocycles. The molecule has 0 spiro atoms. The van der Waals surface area contributed by atoms with E-state index in [1.54, 1.807) is 13.8 Å². The van der Waals surface area contributed by atoms with Gasteiger partial charge < -0.3 is 10.4 Å². The first-order chi connectivity index (χ1) is 8.33. The van der Waals surface area contributed by atoms with Gasteiger partial charge in [0.1, 0.15) is 5.54 Å². The van der Waals surface area contributed by atoms with Crippen molar-refractivity contribution in [3.63, 3.8) is 0 Å². The summed E-state index contributed by atoms with van der Waals surface area (Å²) in [5.74, 6) is -0.570. The number of amides is 1. The summed E-state index contributed by atoms with van der Waals surface area (Å²) in [6.07, 6.45) is 4.56. The molecule has 18 heavy (non-hydrogen) atoms. The Hall–Kier alpha value is -1.10.